The van der Waals surface area contributed by atoms with E-state index in [1.54, 1.807) is 0 Å². The van der Waals surface area contributed by atoms with Gasteiger partial charge >= 0.3 is 0 Å². The Morgan fingerprint density at radius 3 is 2.41 bits per heavy atom. The van der Waals surface area contributed by atoms with Gasteiger partial charge in [-0.25, -0.2) is 4.39 Å². The Hall–Kier alpha value is -0.890. The summed E-state index contributed by atoms with van der Waals surface area (Å²) < 4.78 is 14.0. The van der Waals surface area contributed by atoms with E-state index < -0.39 is 6.10 Å². The van der Waals surface area contributed by atoms with Crippen molar-refractivity contribution in [3.63, 3.8) is 0 Å². The summed E-state index contributed by atoms with van der Waals surface area (Å²) in [6.07, 6.45) is 4.99. The van der Waals surface area contributed by atoms with E-state index in [4.69, 9.17) is 0 Å². The average molecular weight is 236 g/mol. The third-order valence-electron chi connectivity index (χ3n) is 3.87. The number of halogens is 1. The minimum Gasteiger partial charge on any atom is -0.388 e. The first kappa shape index (κ1) is 12.6. The number of aryl methyl sites for hydroxylation is 2. The van der Waals surface area contributed by atoms with E-state index in [0.29, 0.717) is 5.56 Å². The van der Waals surface area contributed by atoms with Gasteiger partial charge < -0.3 is 5.11 Å². The molecule has 17 heavy (non-hydrogen) atoms. The summed E-state index contributed by atoms with van der Waals surface area (Å²) in [6, 6.07) is 3.47. The summed E-state index contributed by atoms with van der Waals surface area (Å²) in [4.78, 5) is 0. The summed E-state index contributed by atoms with van der Waals surface area (Å²) in [5.74, 6) is -0.0137. The smallest absolute Gasteiger partial charge is 0.129 e. The molecule has 0 radical (unpaired) electrons. The van der Waals surface area contributed by atoms with Gasteiger partial charge in [-0.1, -0.05) is 25.3 Å². The quantitative estimate of drug-likeness (QED) is 0.821. The molecular formula is C15H21FO. The van der Waals surface area contributed by atoms with Crippen LogP contribution in [0.4, 0.5) is 4.39 Å². The maximum Gasteiger partial charge on any atom is 0.129 e. The van der Waals surface area contributed by atoms with Crippen LogP contribution in [0.1, 0.15) is 54.9 Å². The van der Waals surface area contributed by atoms with Crippen LogP contribution >= 0.6 is 0 Å². The molecule has 1 aliphatic carbocycles. The topological polar surface area (TPSA) is 20.2 Å². The maximum atomic E-state index is 14.0. The Kier molecular flexibility index (Phi) is 3.82. The lowest BCUT2D eigenvalue weighted by molar-refractivity contribution is 0.0810. The Balaban J connectivity index is 2.26. The Bertz CT molecular complexity index is 371. The van der Waals surface area contributed by atoms with Gasteiger partial charge in [-0.3, -0.25) is 0 Å². The van der Waals surface area contributed by atoms with Crippen LogP contribution in [0.25, 0.3) is 0 Å². The first-order valence-corrected chi connectivity index (χ1v) is 6.54. The highest BCUT2D eigenvalue weighted by molar-refractivity contribution is 5.33. The third-order valence-corrected chi connectivity index (χ3v) is 3.87. The molecular weight excluding hydrogens is 215 g/mol. The highest BCUT2D eigenvalue weighted by atomic mass is 19.1. The van der Waals surface area contributed by atoms with Crippen LogP contribution in [0.15, 0.2) is 12.1 Å². The second-order valence-corrected chi connectivity index (χ2v) is 5.32. The Labute approximate surface area is 103 Å². The second kappa shape index (κ2) is 5.18. The molecule has 1 fully saturated rings. The predicted molar refractivity (Wildman–Crippen MR) is 67.4 cm³/mol. The van der Waals surface area contributed by atoms with Crippen molar-refractivity contribution < 1.29 is 9.50 Å². The van der Waals surface area contributed by atoms with Crippen molar-refractivity contribution in [3.05, 3.63) is 34.6 Å². The zero-order valence-electron chi connectivity index (χ0n) is 10.7. The zero-order chi connectivity index (χ0) is 12.4. The molecule has 0 bridgehead atoms. The second-order valence-electron chi connectivity index (χ2n) is 5.32. The third kappa shape index (κ3) is 2.68. The predicted octanol–water partition coefficient (Wildman–Crippen LogP) is 4.06. The molecule has 2 heteroatoms. The van der Waals surface area contributed by atoms with Crippen molar-refractivity contribution in [2.75, 3.05) is 0 Å². The van der Waals surface area contributed by atoms with E-state index in [-0.39, 0.29) is 11.7 Å². The summed E-state index contributed by atoms with van der Waals surface area (Å²) >= 11 is 0. The van der Waals surface area contributed by atoms with Crippen LogP contribution in [0.5, 0.6) is 0 Å². The molecule has 0 heterocycles. The summed E-state index contributed by atoms with van der Waals surface area (Å²) in [5, 5.41) is 10.4. The fourth-order valence-corrected chi connectivity index (χ4v) is 2.99. The van der Waals surface area contributed by atoms with Crippen molar-refractivity contribution in [2.24, 2.45) is 5.92 Å². The summed E-state index contributed by atoms with van der Waals surface area (Å²) in [6.45, 7) is 3.77. The van der Waals surface area contributed by atoms with Crippen molar-refractivity contribution in [1.29, 1.82) is 0 Å². The molecule has 2 rings (SSSR count). The van der Waals surface area contributed by atoms with E-state index in [9.17, 15) is 9.50 Å². The maximum absolute atomic E-state index is 14.0. The SMILES string of the molecule is Cc1cc(C)c(C(O)C2CCCCC2)c(F)c1. The Morgan fingerprint density at radius 2 is 1.82 bits per heavy atom. The van der Waals surface area contributed by atoms with Crippen LogP contribution in [-0.4, -0.2) is 5.11 Å². The largest absolute Gasteiger partial charge is 0.388 e. The minimum atomic E-state index is -0.629. The van der Waals surface area contributed by atoms with E-state index in [1.807, 2.05) is 19.9 Å². The highest BCUT2D eigenvalue weighted by Gasteiger charge is 2.26. The van der Waals surface area contributed by atoms with Crippen LogP contribution in [0, 0.1) is 25.6 Å². The van der Waals surface area contributed by atoms with Crippen molar-refractivity contribution >= 4 is 0 Å². The zero-order valence-corrected chi connectivity index (χ0v) is 10.7. The fraction of sp³-hybridized carbons (Fsp3) is 0.600. The lowest BCUT2D eigenvalue weighted by atomic mass is 9.81. The lowest BCUT2D eigenvalue weighted by Crippen LogP contribution is -2.18. The molecule has 0 amide bonds. The van der Waals surface area contributed by atoms with Crippen LogP contribution in [0.2, 0.25) is 0 Å². The highest BCUT2D eigenvalue weighted by Crippen LogP contribution is 2.36. The van der Waals surface area contributed by atoms with E-state index >= 15 is 0 Å². The number of aliphatic hydroxyl groups is 1. The molecule has 1 N–H and O–H groups in total. The number of hydrogen-bond donors (Lipinski definition) is 1. The van der Waals surface area contributed by atoms with E-state index in [2.05, 4.69) is 0 Å². The molecule has 0 saturated heterocycles. The molecule has 1 aromatic rings. The van der Waals surface area contributed by atoms with Gasteiger partial charge in [0, 0.05) is 5.56 Å². The van der Waals surface area contributed by atoms with Gasteiger partial charge in [0.05, 0.1) is 6.10 Å². The molecule has 1 aliphatic rings. The van der Waals surface area contributed by atoms with Crippen molar-refractivity contribution in [3.8, 4) is 0 Å². The summed E-state index contributed by atoms with van der Waals surface area (Å²) in [5.41, 5.74) is 2.31. The lowest BCUT2D eigenvalue weighted by Gasteiger charge is -2.28. The first-order valence-electron chi connectivity index (χ1n) is 6.54. The van der Waals surface area contributed by atoms with Gasteiger partial charge in [0.1, 0.15) is 5.82 Å². The number of hydrogen-bond acceptors (Lipinski definition) is 1. The average Bonchev–Trinajstić information content (AvgIpc) is 2.28. The molecule has 1 atom stereocenters. The molecule has 1 saturated carbocycles. The van der Waals surface area contributed by atoms with Crippen LogP contribution in [0.3, 0.4) is 0 Å². The molecule has 1 unspecified atom stereocenters. The Morgan fingerprint density at radius 1 is 1.18 bits per heavy atom. The normalized spacial score (nSPS) is 19.3. The van der Waals surface area contributed by atoms with Crippen molar-refractivity contribution in [1.82, 2.24) is 0 Å². The van der Waals surface area contributed by atoms with Gasteiger partial charge in [-0.15, -0.1) is 0 Å². The van der Waals surface area contributed by atoms with Gasteiger partial charge in [0.25, 0.3) is 0 Å². The minimum absolute atomic E-state index is 0.236. The molecule has 0 spiro atoms. The molecule has 0 aliphatic heterocycles. The van der Waals surface area contributed by atoms with E-state index in [0.717, 1.165) is 36.8 Å². The molecule has 1 nitrogen and oxygen atoms in total. The van der Waals surface area contributed by atoms with E-state index in [1.165, 1.54) is 12.5 Å². The fourth-order valence-electron chi connectivity index (χ4n) is 2.99. The molecule has 94 valence electrons. The molecule has 0 aromatic heterocycles. The van der Waals surface area contributed by atoms with Gasteiger partial charge in [0.15, 0.2) is 0 Å². The standard InChI is InChI=1S/C15H21FO/c1-10-8-11(2)14(13(16)9-10)15(17)12-6-4-3-5-7-12/h8-9,12,15,17H,3-7H2,1-2H3. The van der Waals surface area contributed by atoms with Crippen molar-refractivity contribution in [2.45, 2.75) is 52.1 Å². The van der Waals surface area contributed by atoms with Gasteiger partial charge in [-0.2, -0.15) is 0 Å². The van der Waals surface area contributed by atoms with Gasteiger partial charge in [0.2, 0.25) is 0 Å². The summed E-state index contributed by atoms with van der Waals surface area (Å²) in [7, 11) is 0. The van der Waals surface area contributed by atoms with Gasteiger partial charge in [-0.05, 0) is 49.8 Å². The van der Waals surface area contributed by atoms with Crippen LogP contribution in [-0.2, 0) is 0 Å². The van der Waals surface area contributed by atoms with Crippen LogP contribution < -0.4 is 0 Å². The molecule has 1 aromatic carbocycles. The number of benzene rings is 1. The monoisotopic (exact) mass is 236 g/mol. The first-order chi connectivity index (χ1) is 8.09. The number of aliphatic hydroxyl groups excluding tert-OH is 1. The number of rotatable bonds is 2.